The molecule has 24 heavy (non-hydrogen) atoms. The van der Waals surface area contributed by atoms with Gasteiger partial charge in [0, 0.05) is 44.1 Å². The van der Waals surface area contributed by atoms with Crippen molar-refractivity contribution in [3.05, 3.63) is 59.7 Å². The summed E-state index contributed by atoms with van der Waals surface area (Å²) < 4.78 is 0. The molecule has 3 nitrogen and oxygen atoms in total. The van der Waals surface area contributed by atoms with Gasteiger partial charge in [-0.05, 0) is 40.8 Å². The summed E-state index contributed by atoms with van der Waals surface area (Å²) in [5, 5.41) is 0. The van der Waals surface area contributed by atoms with Gasteiger partial charge in [0.15, 0.2) is 0 Å². The van der Waals surface area contributed by atoms with Crippen molar-refractivity contribution in [3.63, 3.8) is 0 Å². The van der Waals surface area contributed by atoms with Gasteiger partial charge in [0.2, 0.25) is 0 Å². The lowest BCUT2D eigenvalue weighted by molar-refractivity contribution is 0.250. The molecule has 0 aliphatic carbocycles. The van der Waals surface area contributed by atoms with Crippen LogP contribution in [0.25, 0.3) is 0 Å². The molecule has 2 aromatic carbocycles. The van der Waals surface area contributed by atoms with Crippen LogP contribution in [0.5, 0.6) is 0 Å². The van der Waals surface area contributed by atoms with Crippen molar-refractivity contribution in [1.29, 1.82) is 0 Å². The molecule has 0 radical (unpaired) electrons. The molecule has 0 saturated carbocycles. The molecule has 1 aliphatic rings. The fourth-order valence-electron chi connectivity index (χ4n) is 3.22. The van der Waals surface area contributed by atoms with Gasteiger partial charge in [-0.3, -0.25) is 4.90 Å². The molecule has 0 spiro atoms. The number of hydrogen-bond donors (Lipinski definition) is 1. The van der Waals surface area contributed by atoms with Gasteiger partial charge in [0.05, 0.1) is 0 Å². The molecular weight excluding hydrogens is 294 g/mol. The van der Waals surface area contributed by atoms with E-state index in [2.05, 4.69) is 67.0 Å². The van der Waals surface area contributed by atoms with Crippen molar-refractivity contribution in [2.24, 2.45) is 0 Å². The zero-order valence-electron chi connectivity index (χ0n) is 15.1. The number of benzene rings is 2. The van der Waals surface area contributed by atoms with Crippen LogP contribution < -0.4 is 10.6 Å². The smallest absolute Gasteiger partial charge is 0.0368 e. The van der Waals surface area contributed by atoms with Crippen LogP contribution in [-0.4, -0.2) is 31.1 Å². The van der Waals surface area contributed by atoms with Crippen molar-refractivity contribution in [2.75, 3.05) is 36.8 Å². The fourth-order valence-corrected chi connectivity index (χ4v) is 3.22. The summed E-state index contributed by atoms with van der Waals surface area (Å²) in [6.07, 6.45) is 0. The van der Waals surface area contributed by atoms with Crippen molar-refractivity contribution >= 4 is 11.4 Å². The van der Waals surface area contributed by atoms with E-state index in [1.807, 2.05) is 12.1 Å². The minimum Gasteiger partial charge on any atom is -0.399 e. The number of nitrogen functional groups attached to an aromatic ring is 1. The van der Waals surface area contributed by atoms with Gasteiger partial charge < -0.3 is 10.6 Å². The number of nitrogens with two attached hydrogens (primary N) is 1. The Bertz CT molecular complexity index is 645. The average molecular weight is 323 g/mol. The number of piperazine rings is 1. The quantitative estimate of drug-likeness (QED) is 0.870. The number of hydrogen-bond acceptors (Lipinski definition) is 3. The molecule has 2 aromatic rings. The van der Waals surface area contributed by atoms with Crippen molar-refractivity contribution in [1.82, 2.24) is 4.90 Å². The van der Waals surface area contributed by atoms with E-state index in [0.717, 1.165) is 38.4 Å². The summed E-state index contributed by atoms with van der Waals surface area (Å²) >= 11 is 0. The highest BCUT2D eigenvalue weighted by Crippen LogP contribution is 2.23. The SMILES string of the molecule is CC(C)(C)c1ccc(CN2CCN(c3ccc(N)cc3)CC2)cc1. The van der Waals surface area contributed by atoms with Gasteiger partial charge in [-0.2, -0.15) is 0 Å². The van der Waals surface area contributed by atoms with E-state index in [0.29, 0.717) is 0 Å². The van der Waals surface area contributed by atoms with Gasteiger partial charge in [-0.1, -0.05) is 45.0 Å². The van der Waals surface area contributed by atoms with E-state index < -0.39 is 0 Å². The molecule has 1 saturated heterocycles. The van der Waals surface area contributed by atoms with E-state index >= 15 is 0 Å². The maximum absolute atomic E-state index is 5.77. The second-order valence-electron chi connectivity index (χ2n) is 7.80. The Morgan fingerprint density at radius 1 is 0.833 bits per heavy atom. The summed E-state index contributed by atoms with van der Waals surface area (Å²) in [5.41, 5.74) is 10.9. The summed E-state index contributed by atoms with van der Waals surface area (Å²) in [4.78, 5) is 4.98. The highest BCUT2D eigenvalue weighted by Gasteiger charge is 2.18. The molecule has 0 atom stereocenters. The molecule has 3 heteroatoms. The largest absolute Gasteiger partial charge is 0.399 e. The third-order valence-electron chi connectivity index (χ3n) is 4.86. The zero-order valence-corrected chi connectivity index (χ0v) is 15.1. The topological polar surface area (TPSA) is 32.5 Å². The van der Waals surface area contributed by atoms with Crippen molar-refractivity contribution in [3.8, 4) is 0 Å². The van der Waals surface area contributed by atoms with E-state index in [1.165, 1.54) is 16.8 Å². The van der Waals surface area contributed by atoms with E-state index in [4.69, 9.17) is 5.73 Å². The molecule has 0 unspecified atom stereocenters. The minimum atomic E-state index is 0.225. The van der Waals surface area contributed by atoms with Crippen LogP contribution in [0.1, 0.15) is 31.9 Å². The molecule has 0 aromatic heterocycles. The third-order valence-corrected chi connectivity index (χ3v) is 4.86. The Balaban J connectivity index is 1.54. The second kappa shape index (κ2) is 6.86. The van der Waals surface area contributed by atoms with Gasteiger partial charge in [-0.25, -0.2) is 0 Å². The Labute approximate surface area is 146 Å². The summed E-state index contributed by atoms with van der Waals surface area (Å²) in [7, 11) is 0. The Morgan fingerprint density at radius 3 is 1.96 bits per heavy atom. The minimum absolute atomic E-state index is 0.225. The maximum Gasteiger partial charge on any atom is 0.0368 e. The fraction of sp³-hybridized carbons (Fsp3) is 0.429. The first-order valence-corrected chi connectivity index (χ1v) is 8.84. The van der Waals surface area contributed by atoms with Crippen LogP contribution in [0.2, 0.25) is 0 Å². The van der Waals surface area contributed by atoms with Crippen LogP contribution in [0.3, 0.4) is 0 Å². The van der Waals surface area contributed by atoms with Crippen LogP contribution in [0.15, 0.2) is 48.5 Å². The molecule has 3 rings (SSSR count). The van der Waals surface area contributed by atoms with Gasteiger partial charge in [0.25, 0.3) is 0 Å². The van der Waals surface area contributed by atoms with E-state index in [-0.39, 0.29) is 5.41 Å². The number of anilines is 2. The predicted octanol–water partition coefficient (Wildman–Crippen LogP) is 3.89. The lowest BCUT2D eigenvalue weighted by atomic mass is 9.87. The first-order valence-electron chi connectivity index (χ1n) is 8.84. The average Bonchev–Trinajstić information content (AvgIpc) is 2.56. The van der Waals surface area contributed by atoms with Gasteiger partial charge in [-0.15, -0.1) is 0 Å². The molecule has 128 valence electrons. The van der Waals surface area contributed by atoms with Crippen LogP contribution >= 0.6 is 0 Å². The molecule has 1 fully saturated rings. The van der Waals surface area contributed by atoms with Crippen molar-refractivity contribution < 1.29 is 0 Å². The Kier molecular flexibility index (Phi) is 4.81. The Morgan fingerprint density at radius 2 is 1.42 bits per heavy atom. The van der Waals surface area contributed by atoms with Gasteiger partial charge >= 0.3 is 0 Å². The lowest BCUT2D eigenvalue weighted by Crippen LogP contribution is -2.45. The second-order valence-corrected chi connectivity index (χ2v) is 7.80. The van der Waals surface area contributed by atoms with E-state index in [9.17, 15) is 0 Å². The molecule has 2 N–H and O–H groups in total. The third kappa shape index (κ3) is 4.09. The summed E-state index contributed by atoms with van der Waals surface area (Å²) in [6, 6.07) is 17.3. The Hall–Kier alpha value is -2.00. The zero-order chi connectivity index (χ0) is 17.2. The monoisotopic (exact) mass is 323 g/mol. The van der Waals surface area contributed by atoms with E-state index in [1.54, 1.807) is 0 Å². The predicted molar refractivity (Wildman–Crippen MR) is 103 cm³/mol. The van der Waals surface area contributed by atoms with Crippen LogP contribution in [-0.2, 0) is 12.0 Å². The van der Waals surface area contributed by atoms with Crippen LogP contribution in [0, 0.1) is 0 Å². The molecular formula is C21H29N3. The summed E-state index contributed by atoms with van der Waals surface area (Å²) in [5.74, 6) is 0. The first kappa shape index (κ1) is 16.8. The highest BCUT2D eigenvalue weighted by atomic mass is 15.3. The normalized spacial score (nSPS) is 16.4. The molecule has 1 aliphatic heterocycles. The number of rotatable bonds is 3. The standard InChI is InChI=1S/C21H29N3/c1-21(2,3)18-6-4-17(5-7-18)16-23-12-14-24(15-13-23)20-10-8-19(22)9-11-20/h4-11H,12-16,22H2,1-3H3. The van der Waals surface area contributed by atoms with Gasteiger partial charge in [0.1, 0.15) is 0 Å². The number of nitrogens with zero attached hydrogens (tertiary/aromatic N) is 2. The lowest BCUT2D eigenvalue weighted by Gasteiger charge is -2.36. The van der Waals surface area contributed by atoms with Crippen molar-refractivity contribution in [2.45, 2.75) is 32.7 Å². The molecule has 0 bridgehead atoms. The van der Waals surface area contributed by atoms with Crippen LogP contribution in [0.4, 0.5) is 11.4 Å². The molecule has 1 heterocycles. The summed E-state index contributed by atoms with van der Waals surface area (Å²) in [6.45, 7) is 12.2. The highest BCUT2D eigenvalue weighted by molar-refractivity contribution is 5.53. The maximum atomic E-state index is 5.77. The first-order chi connectivity index (χ1) is 11.4. The molecule has 0 amide bonds.